The first-order valence-electron chi connectivity index (χ1n) is 5.06. The Bertz CT molecular complexity index is 649. The Balaban J connectivity index is 2.27. The Hall–Kier alpha value is -1.36. The van der Waals surface area contributed by atoms with Crippen LogP contribution in [-0.2, 0) is 0 Å². The Kier molecular flexibility index (Phi) is 4.24. The van der Waals surface area contributed by atoms with Crippen LogP contribution in [0.1, 0.15) is 10.5 Å². The van der Waals surface area contributed by atoms with Gasteiger partial charge in [-0.3, -0.25) is 4.79 Å². The van der Waals surface area contributed by atoms with E-state index < -0.39 is 11.9 Å². The highest BCUT2D eigenvalue weighted by Crippen LogP contribution is 2.32. The van der Waals surface area contributed by atoms with E-state index in [0.717, 1.165) is 6.07 Å². The summed E-state index contributed by atoms with van der Waals surface area (Å²) >= 11 is 17.5. The van der Waals surface area contributed by atoms with Crippen molar-refractivity contribution in [3.05, 3.63) is 57.0 Å². The topological polar surface area (TPSA) is 42.0 Å². The van der Waals surface area contributed by atoms with E-state index in [1.54, 1.807) is 0 Å². The summed E-state index contributed by atoms with van der Waals surface area (Å²) in [4.78, 5) is 15.3. The molecule has 1 aromatic heterocycles. The molecule has 0 spiro atoms. The van der Waals surface area contributed by atoms with Gasteiger partial charge < -0.3 is 5.32 Å². The molecule has 0 aliphatic carbocycles. The number of nitrogens with one attached hydrogen (secondary N) is 1. The Morgan fingerprint density at radius 2 is 1.79 bits per heavy atom. The number of hydrogen-bond acceptors (Lipinski definition) is 2. The summed E-state index contributed by atoms with van der Waals surface area (Å²) in [5, 5.41) is 3.22. The standard InChI is InChI=1S/C12H6Cl3FN2O/c13-6-4-8(15)10(5-7(6)14)18-12(19)9-2-1-3-11(16)17-9/h1-5H,(H,18,19). The summed E-state index contributed by atoms with van der Waals surface area (Å²) in [5.41, 5.74) is 0.203. The number of halogens is 4. The van der Waals surface area contributed by atoms with E-state index in [2.05, 4.69) is 10.3 Å². The molecule has 98 valence electrons. The highest BCUT2D eigenvalue weighted by atomic mass is 35.5. The smallest absolute Gasteiger partial charge is 0.274 e. The molecule has 0 unspecified atom stereocenters. The van der Waals surface area contributed by atoms with E-state index in [4.69, 9.17) is 34.8 Å². The van der Waals surface area contributed by atoms with Crippen LogP contribution in [0.15, 0.2) is 30.3 Å². The zero-order chi connectivity index (χ0) is 14.0. The van der Waals surface area contributed by atoms with Crippen LogP contribution in [0.4, 0.5) is 10.1 Å². The van der Waals surface area contributed by atoms with Crippen molar-refractivity contribution in [1.82, 2.24) is 4.98 Å². The molecular formula is C12H6Cl3FN2O. The Morgan fingerprint density at radius 1 is 1.11 bits per heavy atom. The number of benzene rings is 1. The predicted octanol–water partition coefficient (Wildman–Crippen LogP) is 4.43. The fraction of sp³-hybridized carbons (Fsp3) is 0. The van der Waals surface area contributed by atoms with E-state index in [0.29, 0.717) is 0 Å². The first-order chi connectivity index (χ1) is 8.97. The molecular weight excluding hydrogens is 314 g/mol. The fourth-order valence-electron chi connectivity index (χ4n) is 1.34. The molecule has 1 N–H and O–H groups in total. The van der Waals surface area contributed by atoms with Crippen molar-refractivity contribution in [1.29, 1.82) is 0 Å². The van der Waals surface area contributed by atoms with Gasteiger partial charge in [-0.2, -0.15) is 4.39 Å². The van der Waals surface area contributed by atoms with Crippen LogP contribution >= 0.6 is 34.8 Å². The average molecular weight is 320 g/mol. The fourth-order valence-corrected chi connectivity index (χ4v) is 1.93. The molecule has 0 saturated carbocycles. The number of carbonyl (C=O) groups excluding carboxylic acids is 1. The number of nitrogens with zero attached hydrogens (tertiary/aromatic N) is 1. The third kappa shape index (κ3) is 3.35. The van der Waals surface area contributed by atoms with Gasteiger partial charge in [0.15, 0.2) is 0 Å². The summed E-state index contributed by atoms with van der Waals surface area (Å²) in [6, 6.07) is 6.71. The van der Waals surface area contributed by atoms with Gasteiger partial charge in [0.2, 0.25) is 5.95 Å². The van der Waals surface area contributed by atoms with E-state index in [-0.39, 0.29) is 26.4 Å². The molecule has 1 amide bonds. The largest absolute Gasteiger partial charge is 0.319 e. The first kappa shape index (κ1) is 14.1. The summed E-state index contributed by atoms with van der Waals surface area (Å²) in [6.45, 7) is 0. The first-order valence-corrected chi connectivity index (χ1v) is 6.19. The lowest BCUT2D eigenvalue weighted by Gasteiger charge is -2.08. The summed E-state index contributed by atoms with van der Waals surface area (Å²) in [6.07, 6.45) is 0. The van der Waals surface area contributed by atoms with Crippen LogP contribution in [0.3, 0.4) is 0 Å². The second kappa shape index (κ2) is 5.74. The number of anilines is 1. The molecule has 1 heterocycles. The molecule has 0 atom stereocenters. The van der Waals surface area contributed by atoms with Crippen LogP contribution in [-0.4, -0.2) is 10.9 Å². The molecule has 0 aliphatic rings. The Morgan fingerprint density at radius 3 is 2.47 bits per heavy atom. The van der Waals surface area contributed by atoms with Gasteiger partial charge in [-0.25, -0.2) is 4.98 Å². The molecule has 0 radical (unpaired) electrons. The molecule has 2 rings (SSSR count). The van der Waals surface area contributed by atoms with Gasteiger partial charge in [-0.1, -0.05) is 40.9 Å². The van der Waals surface area contributed by atoms with Gasteiger partial charge in [0, 0.05) is 0 Å². The van der Waals surface area contributed by atoms with Gasteiger partial charge >= 0.3 is 0 Å². The average Bonchev–Trinajstić information content (AvgIpc) is 2.36. The number of carbonyl (C=O) groups is 1. The van der Waals surface area contributed by atoms with Crippen LogP contribution in [0.25, 0.3) is 0 Å². The molecule has 0 aliphatic heterocycles. The molecule has 0 fully saturated rings. The lowest BCUT2D eigenvalue weighted by atomic mass is 10.3. The molecule has 3 nitrogen and oxygen atoms in total. The van der Waals surface area contributed by atoms with Gasteiger partial charge in [-0.05, 0) is 24.3 Å². The van der Waals surface area contributed by atoms with Crippen molar-refractivity contribution in [3.8, 4) is 0 Å². The van der Waals surface area contributed by atoms with Crippen molar-refractivity contribution in [2.75, 3.05) is 5.32 Å². The summed E-state index contributed by atoms with van der Waals surface area (Å²) in [5.74, 6) is -1.34. The lowest BCUT2D eigenvalue weighted by Crippen LogP contribution is -2.14. The minimum absolute atomic E-state index is 0.0675. The second-order valence-corrected chi connectivity index (χ2v) is 4.77. The van der Waals surface area contributed by atoms with Crippen molar-refractivity contribution in [2.24, 2.45) is 0 Å². The molecule has 1 aromatic carbocycles. The van der Waals surface area contributed by atoms with Crippen LogP contribution in [0.2, 0.25) is 15.1 Å². The van der Waals surface area contributed by atoms with E-state index in [9.17, 15) is 9.18 Å². The zero-order valence-corrected chi connectivity index (χ0v) is 11.5. The number of rotatable bonds is 2. The highest BCUT2D eigenvalue weighted by Gasteiger charge is 2.12. The van der Waals surface area contributed by atoms with E-state index >= 15 is 0 Å². The number of aromatic nitrogens is 1. The Labute approximate surface area is 123 Å². The second-order valence-electron chi connectivity index (χ2n) is 3.55. The molecule has 0 saturated heterocycles. The van der Waals surface area contributed by atoms with E-state index in [1.807, 2.05) is 0 Å². The van der Waals surface area contributed by atoms with Crippen LogP contribution < -0.4 is 5.32 Å². The van der Waals surface area contributed by atoms with Gasteiger partial charge in [0.05, 0.1) is 20.8 Å². The number of hydrogen-bond donors (Lipinski definition) is 1. The van der Waals surface area contributed by atoms with Gasteiger partial charge in [0.25, 0.3) is 5.91 Å². The maximum Gasteiger partial charge on any atom is 0.274 e. The zero-order valence-electron chi connectivity index (χ0n) is 9.25. The third-order valence-electron chi connectivity index (χ3n) is 2.21. The lowest BCUT2D eigenvalue weighted by molar-refractivity contribution is 0.102. The van der Waals surface area contributed by atoms with Crippen molar-refractivity contribution < 1.29 is 9.18 Å². The summed E-state index contributed by atoms with van der Waals surface area (Å²) in [7, 11) is 0. The minimum atomic E-state index is -0.743. The van der Waals surface area contributed by atoms with Crippen molar-refractivity contribution in [2.45, 2.75) is 0 Å². The predicted molar refractivity (Wildman–Crippen MR) is 73.6 cm³/mol. The van der Waals surface area contributed by atoms with Crippen molar-refractivity contribution >= 4 is 46.4 Å². The molecule has 2 aromatic rings. The maximum atomic E-state index is 12.9. The summed E-state index contributed by atoms with van der Waals surface area (Å²) < 4.78 is 12.9. The van der Waals surface area contributed by atoms with Crippen LogP contribution in [0.5, 0.6) is 0 Å². The van der Waals surface area contributed by atoms with Gasteiger partial charge in [0.1, 0.15) is 5.69 Å². The monoisotopic (exact) mass is 318 g/mol. The minimum Gasteiger partial charge on any atom is -0.319 e. The highest BCUT2D eigenvalue weighted by molar-refractivity contribution is 6.44. The molecule has 0 bridgehead atoms. The number of amides is 1. The van der Waals surface area contributed by atoms with E-state index in [1.165, 1.54) is 24.3 Å². The maximum absolute atomic E-state index is 12.9. The molecule has 7 heteroatoms. The quantitative estimate of drug-likeness (QED) is 0.657. The van der Waals surface area contributed by atoms with Crippen molar-refractivity contribution in [3.63, 3.8) is 0 Å². The number of pyridine rings is 1. The molecule has 19 heavy (non-hydrogen) atoms. The third-order valence-corrected chi connectivity index (χ3v) is 3.24. The SMILES string of the molecule is O=C(Nc1cc(Cl)c(Cl)cc1Cl)c1cccc(F)n1. The van der Waals surface area contributed by atoms with Gasteiger partial charge in [-0.15, -0.1) is 0 Å². The van der Waals surface area contributed by atoms with Crippen LogP contribution in [0, 0.1) is 5.95 Å². The normalized spacial score (nSPS) is 10.3.